The molecule has 0 amide bonds. The van der Waals surface area contributed by atoms with E-state index >= 15 is 0 Å². The van der Waals surface area contributed by atoms with Crippen molar-refractivity contribution in [1.82, 2.24) is 0 Å². The number of halogens is 4. The second-order valence-electron chi connectivity index (χ2n) is 6.74. The van der Waals surface area contributed by atoms with Gasteiger partial charge in [0.2, 0.25) is 0 Å². The predicted octanol–water partition coefficient (Wildman–Crippen LogP) is 6.09. The quantitative estimate of drug-likeness (QED) is 0.380. The fraction of sp³-hybridized carbons (Fsp3) is 0.263. The maximum Gasteiger partial charge on any atom is 0.418 e. The highest BCUT2D eigenvalue weighted by Crippen LogP contribution is 2.53. The van der Waals surface area contributed by atoms with E-state index in [1.54, 1.807) is 18.2 Å². The van der Waals surface area contributed by atoms with Gasteiger partial charge in [0.15, 0.2) is 0 Å². The summed E-state index contributed by atoms with van der Waals surface area (Å²) in [5, 5.41) is 14.0. The molecule has 0 radical (unpaired) electrons. The Kier molecular flexibility index (Phi) is 4.14. The van der Waals surface area contributed by atoms with Crippen LogP contribution in [0.2, 0.25) is 5.02 Å². The summed E-state index contributed by atoms with van der Waals surface area (Å²) in [7, 11) is 0. The Morgan fingerprint density at radius 1 is 1.19 bits per heavy atom. The zero-order valence-electron chi connectivity index (χ0n) is 13.8. The van der Waals surface area contributed by atoms with Gasteiger partial charge in [-0.3, -0.25) is 10.1 Å². The van der Waals surface area contributed by atoms with Crippen molar-refractivity contribution in [2.45, 2.75) is 24.6 Å². The minimum Gasteiger partial charge on any atom is -0.377 e. The van der Waals surface area contributed by atoms with E-state index in [0.29, 0.717) is 17.5 Å². The molecule has 0 aromatic heterocycles. The Labute approximate surface area is 157 Å². The highest BCUT2D eigenvalue weighted by Gasteiger charge is 2.43. The van der Waals surface area contributed by atoms with E-state index in [0.717, 1.165) is 6.07 Å². The predicted molar refractivity (Wildman–Crippen MR) is 95.9 cm³/mol. The van der Waals surface area contributed by atoms with Gasteiger partial charge < -0.3 is 5.32 Å². The number of rotatable bonds is 2. The van der Waals surface area contributed by atoms with Gasteiger partial charge in [0.05, 0.1) is 22.2 Å². The van der Waals surface area contributed by atoms with Crippen LogP contribution in [-0.2, 0) is 6.18 Å². The van der Waals surface area contributed by atoms with Crippen LogP contribution in [0.25, 0.3) is 0 Å². The van der Waals surface area contributed by atoms with Crippen molar-refractivity contribution in [1.29, 1.82) is 0 Å². The van der Waals surface area contributed by atoms with Crippen LogP contribution in [0.3, 0.4) is 0 Å². The Bertz CT molecular complexity index is 941. The molecule has 27 heavy (non-hydrogen) atoms. The molecule has 2 aromatic rings. The number of allylic oxidation sites excluding steroid dienone is 2. The van der Waals surface area contributed by atoms with Gasteiger partial charge in [-0.1, -0.05) is 35.9 Å². The molecule has 0 saturated carbocycles. The monoisotopic (exact) mass is 394 g/mol. The molecule has 3 atom stereocenters. The van der Waals surface area contributed by atoms with Gasteiger partial charge in [-0.05, 0) is 35.6 Å². The van der Waals surface area contributed by atoms with E-state index in [2.05, 4.69) is 5.32 Å². The zero-order chi connectivity index (χ0) is 19.3. The van der Waals surface area contributed by atoms with Crippen LogP contribution in [0.1, 0.15) is 35.1 Å². The molecule has 0 unspecified atom stereocenters. The highest BCUT2D eigenvalue weighted by atomic mass is 35.5. The van der Waals surface area contributed by atoms with Crippen LogP contribution < -0.4 is 5.32 Å². The van der Waals surface area contributed by atoms with Gasteiger partial charge in [-0.2, -0.15) is 13.2 Å². The number of nitro groups is 1. The molecule has 0 fully saturated rings. The lowest BCUT2D eigenvalue weighted by Gasteiger charge is -2.38. The summed E-state index contributed by atoms with van der Waals surface area (Å²) in [5.41, 5.74) is 0.428. The molecular weight excluding hydrogens is 381 g/mol. The SMILES string of the molecule is O=[N+]([O-])c1ccc([C@@H]2Nc3c(cc(Cl)cc3C(F)(F)F)[C@@H]3C=CC[C@@H]32)cc1. The third-order valence-electron chi connectivity index (χ3n) is 5.20. The van der Waals surface area contributed by atoms with Crippen molar-refractivity contribution in [2.75, 3.05) is 5.32 Å². The number of nitro benzene ring substituents is 1. The number of benzene rings is 2. The van der Waals surface area contributed by atoms with E-state index in [1.807, 2.05) is 12.2 Å². The van der Waals surface area contributed by atoms with Crippen molar-refractivity contribution in [3.05, 3.63) is 80.4 Å². The molecule has 8 heteroatoms. The lowest BCUT2D eigenvalue weighted by Crippen LogP contribution is -2.30. The van der Waals surface area contributed by atoms with Gasteiger partial charge in [0, 0.05) is 23.1 Å². The maximum atomic E-state index is 13.6. The number of nitrogens with zero attached hydrogens (tertiary/aromatic N) is 1. The van der Waals surface area contributed by atoms with E-state index in [1.165, 1.54) is 12.1 Å². The normalized spacial score (nSPS) is 23.5. The molecule has 0 saturated heterocycles. The van der Waals surface area contributed by atoms with Crippen LogP contribution in [0.4, 0.5) is 24.5 Å². The van der Waals surface area contributed by atoms with Crippen molar-refractivity contribution >= 4 is 23.0 Å². The van der Waals surface area contributed by atoms with Crippen molar-refractivity contribution in [3.8, 4) is 0 Å². The Balaban J connectivity index is 1.82. The smallest absolute Gasteiger partial charge is 0.377 e. The lowest BCUT2D eigenvalue weighted by molar-refractivity contribution is -0.384. The highest BCUT2D eigenvalue weighted by molar-refractivity contribution is 6.30. The number of hydrogen-bond donors (Lipinski definition) is 1. The first-order valence-corrected chi connectivity index (χ1v) is 8.71. The van der Waals surface area contributed by atoms with Crippen LogP contribution >= 0.6 is 11.6 Å². The summed E-state index contributed by atoms with van der Waals surface area (Å²) in [6, 6.07) is 8.06. The third-order valence-corrected chi connectivity index (χ3v) is 5.42. The summed E-state index contributed by atoms with van der Waals surface area (Å²) in [4.78, 5) is 10.4. The lowest BCUT2D eigenvalue weighted by atomic mass is 9.76. The van der Waals surface area contributed by atoms with Gasteiger partial charge in [-0.25, -0.2) is 0 Å². The summed E-state index contributed by atoms with van der Waals surface area (Å²) in [6.45, 7) is 0. The Morgan fingerprint density at radius 2 is 1.89 bits per heavy atom. The molecule has 0 bridgehead atoms. The number of non-ortho nitro benzene ring substituents is 1. The van der Waals surface area contributed by atoms with Crippen LogP contribution in [-0.4, -0.2) is 4.92 Å². The number of hydrogen-bond acceptors (Lipinski definition) is 3. The first-order valence-electron chi connectivity index (χ1n) is 8.34. The van der Waals surface area contributed by atoms with Crippen LogP contribution in [0, 0.1) is 16.0 Å². The molecule has 1 N–H and O–H groups in total. The summed E-state index contributed by atoms with van der Waals surface area (Å²) in [6.07, 6.45) is 0.0294. The fourth-order valence-electron chi connectivity index (χ4n) is 4.02. The number of alkyl halides is 3. The average molecular weight is 395 g/mol. The van der Waals surface area contributed by atoms with Gasteiger partial charge in [0.25, 0.3) is 5.69 Å². The molecule has 0 spiro atoms. The summed E-state index contributed by atoms with van der Waals surface area (Å²) < 4.78 is 40.7. The van der Waals surface area contributed by atoms with E-state index in [4.69, 9.17) is 11.6 Å². The van der Waals surface area contributed by atoms with Crippen LogP contribution in [0.15, 0.2) is 48.6 Å². The summed E-state index contributed by atoms with van der Waals surface area (Å²) in [5.74, 6) is -0.181. The molecule has 1 heterocycles. The van der Waals surface area contributed by atoms with Gasteiger partial charge >= 0.3 is 6.18 Å². The molecule has 140 valence electrons. The van der Waals surface area contributed by atoms with Gasteiger partial charge in [0.1, 0.15) is 0 Å². The Morgan fingerprint density at radius 3 is 2.52 bits per heavy atom. The maximum absolute atomic E-state index is 13.6. The van der Waals surface area contributed by atoms with Crippen molar-refractivity contribution in [3.63, 3.8) is 0 Å². The second kappa shape index (κ2) is 6.27. The second-order valence-corrected chi connectivity index (χ2v) is 7.18. The van der Waals surface area contributed by atoms with E-state index in [9.17, 15) is 23.3 Å². The average Bonchev–Trinajstić information content (AvgIpc) is 3.10. The molecule has 4 rings (SSSR count). The molecule has 1 aliphatic heterocycles. The zero-order valence-corrected chi connectivity index (χ0v) is 14.6. The fourth-order valence-corrected chi connectivity index (χ4v) is 4.25. The third kappa shape index (κ3) is 3.06. The topological polar surface area (TPSA) is 55.2 Å². The standard InChI is InChI=1S/C19H14ClF3N2O2/c20-11-8-15-13-2-1-3-14(13)17(10-4-6-12(7-5-10)25(26)27)24-18(15)16(9-11)19(21,22)23/h1-2,4-9,13-14,17,24H,3H2/t13-,14+,17+/m1/s1. The van der Waals surface area contributed by atoms with Crippen molar-refractivity contribution in [2.24, 2.45) is 5.92 Å². The Hall–Kier alpha value is -2.54. The van der Waals surface area contributed by atoms with Crippen molar-refractivity contribution < 1.29 is 18.1 Å². The molecule has 2 aliphatic rings. The van der Waals surface area contributed by atoms with E-state index in [-0.39, 0.29) is 34.3 Å². The molecule has 1 aliphatic carbocycles. The molecule has 4 nitrogen and oxygen atoms in total. The molecule has 2 aromatic carbocycles. The first kappa shape index (κ1) is 17.9. The number of anilines is 1. The largest absolute Gasteiger partial charge is 0.418 e. The minimum absolute atomic E-state index is 0.0125. The first-order chi connectivity index (χ1) is 12.8. The minimum atomic E-state index is -4.54. The summed E-state index contributed by atoms with van der Waals surface area (Å²) >= 11 is 5.96. The van der Waals surface area contributed by atoms with Gasteiger partial charge in [-0.15, -0.1) is 0 Å². The number of fused-ring (bicyclic) bond motifs is 3. The van der Waals surface area contributed by atoms with E-state index < -0.39 is 16.7 Å². The van der Waals surface area contributed by atoms with Crippen LogP contribution in [0.5, 0.6) is 0 Å². The molecular formula is C19H14ClF3N2O2. The number of nitrogens with one attached hydrogen (secondary N) is 1.